The van der Waals surface area contributed by atoms with Gasteiger partial charge in [0.1, 0.15) is 0 Å². The average molecular weight is 287 g/mol. The Kier molecular flexibility index (Phi) is 4.07. The number of hydrogen-bond acceptors (Lipinski definition) is 3. The van der Waals surface area contributed by atoms with Crippen LogP contribution >= 0.6 is 0 Å². The van der Waals surface area contributed by atoms with Gasteiger partial charge in [-0.05, 0) is 19.4 Å². The molecule has 110 valence electrons. The third-order valence-electron chi connectivity index (χ3n) is 3.39. The number of aromatic nitrogens is 2. The second kappa shape index (κ2) is 5.78. The number of benzene rings is 1. The molecule has 1 unspecified atom stereocenters. The van der Waals surface area contributed by atoms with Crippen molar-refractivity contribution in [3.05, 3.63) is 52.8 Å². The van der Waals surface area contributed by atoms with E-state index < -0.39 is 17.9 Å². The van der Waals surface area contributed by atoms with E-state index in [-0.39, 0.29) is 0 Å². The molecule has 0 bridgehead atoms. The second-order valence-electron chi connectivity index (χ2n) is 4.82. The van der Waals surface area contributed by atoms with E-state index in [0.717, 1.165) is 0 Å². The maximum absolute atomic E-state index is 12.4. The maximum atomic E-state index is 12.4. The highest BCUT2D eigenvalue weighted by Gasteiger charge is 2.25. The molecule has 0 aliphatic heterocycles. The first-order chi connectivity index (χ1) is 9.91. The lowest BCUT2D eigenvalue weighted by molar-refractivity contribution is -0.139. The summed E-state index contributed by atoms with van der Waals surface area (Å²) in [5, 5.41) is 16.0. The number of carboxylic acid groups (broad SMARTS) is 1. The number of amides is 1. The van der Waals surface area contributed by atoms with Crippen LogP contribution in [-0.4, -0.2) is 26.8 Å². The molecule has 21 heavy (non-hydrogen) atoms. The van der Waals surface area contributed by atoms with Crippen molar-refractivity contribution in [2.45, 2.75) is 19.9 Å². The molecule has 6 heteroatoms. The molecule has 0 fully saturated rings. The fraction of sp³-hybridized carbons (Fsp3) is 0.267. The summed E-state index contributed by atoms with van der Waals surface area (Å²) in [6.07, 6.45) is 0. The molecule has 0 radical (unpaired) electrons. The molecule has 1 atom stereocenters. The first-order valence-corrected chi connectivity index (χ1v) is 6.50. The van der Waals surface area contributed by atoms with Crippen LogP contribution < -0.4 is 5.32 Å². The van der Waals surface area contributed by atoms with Crippen molar-refractivity contribution in [3.63, 3.8) is 0 Å². The summed E-state index contributed by atoms with van der Waals surface area (Å²) in [6.45, 7) is 3.49. The van der Waals surface area contributed by atoms with Crippen molar-refractivity contribution in [2.24, 2.45) is 7.05 Å². The van der Waals surface area contributed by atoms with Gasteiger partial charge in [-0.25, -0.2) is 4.79 Å². The van der Waals surface area contributed by atoms with Gasteiger partial charge < -0.3 is 10.4 Å². The highest BCUT2D eigenvalue weighted by atomic mass is 16.4. The van der Waals surface area contributed by atoms with E-state index in [1.807, 2.05) is 0 Å². The highest BCUT2D eigenvalue weighted by molar-refractivity contribution is 5.98. The van der Waals surface area contributed by atoms with Gasteiger partial charge in [-0.1, -0.05) is 30.3 Å². The molecule has 0 aliphatic rings. The van der Waals surface area contributed by atoms with Crippen LogP contribution in [0.15, 0.2) is 30.3 Å². The first kappa shape index (κ1) is 14.8. The zero-order valence-corrected chi connectivity index (χ0v) is 12.1. The molecular formula is C15H17N3O3. The number of carbonyl (C=O) groups excluding carboxylic acids is 1. The smallest absolute Gasteiger partial charge is 0.330 e. The van der Waals surface area contributed by atoms with E-state index in [1.54, 1.807) is 55.9 Å². The third-order valence-corrected chi connectivity index (χ3v) is 3.39. The summed E-state index contributed by atoms with van der Waals surface area (Å²) >= 11 is 0. The van der Waals surface area contributed by atoms with Crippen molar-refractivity contribution in [1.29, 1.82) is 0 Å². The number of aliphatic carboxylic acids is 1. The van der Waals surface area contributed by atoms with Crippen LogP contribution in [0.1, 0.15) is 33.4 Å². The average Bonchev–Trinajstić information content (AvgIpc) is 2.70. The van der Waals surface area contributed by atoms with Crippen molar-refractivity contribution in [1.82, 2.24) is 15.1 Å². The number of carbonyl (C=O) groups is 2. The minimum atomic E-state index is -1.10. The van der Waals surface area contributed by atoms with Gasteiger partial charge in [-0.2, -0.15) is 5.10 Å². The van der Waals surface area contributed by atoms with Crippen molar-refractivity contribution in [3.8, 4) is 0 Å². The normalized spacial score (nSPS) is 12.0. The van der Waals surface area contributed by atoms with E-state index >= 15 is 0 Å². The summed E-state index contributed by atoms with van der Waals surface area (Å²) in [6, 6.07) is 7.51. The summed E-state index contributed by atoms with van der Waals surface area (Å²) in [5.41, 5.74) is 2.21. The minimum absolute atomic E-state index is 0.416. The Morgan fingerprint density at radius 3 is 2.33 bits per heavy atom. The Balaban J connectivity index is 2.30. The predicted octanol–water partition coefficient (Wildman–Crippen LogP) is 1.59. The Hall–Kier alpha value is -2.63. The van der Waals surface area contributed by atoms with E-state index in [0.29, 0.717) is 22.5 Å². The van der Waals surface area contributed by atoms with Gasteiger partial charge in [-0.15, -0.1) is 0 Å². The van der Waals surface area contributed by atoms with Crippen molar-refractivity contribution >= 4 is 11.9 Å². The SMILES string of the molecule is Cc1nn(C)c(C)c1C(=O)NC(C(=O)O)c1ccccc1. The molecule has 6 nitrogen and oxygen atoms in total. The van der Waals surface area contributed by atoms with E-state index in [4.69, 9.17) is 0 Å². The highest BCUT2D eigenvalue weighted by Crippen LogP contribution is 2.16. The van der Waals surface area contributed by atoms with E-state index in [9.17, 15) is 14.7 Å². The van der Waals surface area contributed by atoms with Crippen LogP contribution in [-0.2, 0) is 11.8 Å². The van der Waals surface area contributed by atoms with Gasteiger partial charge in [0.05, 0.1) is 11.3 Å². The second-order valence-corrected chi connectivity index (χ2v) is 4.82. The van der Waals surface area contributed by atoms with E-state index in [2.05, 4.69) is 10.4 Å². The van der Waals surface area contributed by atoms with Gasteiger partial charge in [-0.3, -0.25) is 9.48 Å². The van der Waals surface area contributed by atoms with Crippen LogP contribution in [0.4, 0.5) is 0 Å². The van der Waals surface area contributed by atoms with Crippen LogP contribution in [0.5, 0.6) is 0 Å². The lowest BCUT2D eigenvalue weighted by Gasteiger charge is -2.15. The van der Waals surface area contributed by atoms with Crippen LogP contribution in [0.3, 0.4) is 0 Å². The lowest BCUT2D eigenvalue weighted by atomic mass is 10.1. The molecule has 1 amide bonds. The first-order valence-electron chi connectivity index (χ1n) is 6.50. The topological polar surface area (TPSA) is 84.2 Å². The molecule has 1 aromatic carbocycles. The van der Waals surface area contributed by atoms with Crippen LogP contribution in [0, 0.1) is 13.8 Å². The number of nitrogens with one attached hydrogen (secondary N) is 1. The van der Waals surface area contributed by atoms with Gasteiger partial charge >= 0.3 is 5.97 Å². The van der Waals surface area contributed by atoms with Crippen LogP contribution in [0.2, 0.25) is 0 Å². The van der Waals surface area contributed by atoms with Crippen molar-refractivity contribution < 1.29 is 14.7 Å². The Morgan fingerprint density at radius 2 is 1.86 bits per heavy atom. The summed E-state index contributed by atoms with van der Waals surface area (Å²) in [5.74, 6) is -1.54. The number of nitrogens with zero attached hydrogens (tertiary/aromatic N) is 2. The zero-order valence-electron chi connectivity index (χ0n) is 12.1. The van der Waals surface area contributed by atoms with Gasteiger partial charge in [0.25, 0.3) is 5.91 Å². The molecule has 0 saturated carbocycles. The molecule has 0 aliphatic carbocycles. The minimum Gasteiger partial charge on any atom is -0.479 e. The molecule has 1 heterocycles. The van der Waals surface area contributed by atoms with Crippen molar-refractivity contribution in [2.75, 3.05) is 0 Å². The Labute approximate surface area is 122 Å². The molecule has 2 aromatic rings. The quantitative estimate of drug-likeness (QED) is 0.894. The van der Waals surface area contributed by atoms with Crippen LogP contribution in [0.25, 0.3) is 0 Å². The zero-order chi connectivity index (χ0) is 15.6. The van der Waals surface area contributed by atoms with E-state index in [1.165, 1.54) is 0 Å². The summed E-state index contributed by atoms with van der Waals surface area (Å²) in [7, 11) is 1.74. The standard InChI is InChI=1S/C15H17N3O3/c1-9-12(10(2)18(3)17-9)14(19)16-13(15(20)21)11-7-5-4-6-8-11/h4-8,13H,1-3H3,(H,16,19)(H,20,21). The monoisotopic (exact) mass is 287 g/mol. The number of rotatable bonds is 4. The molecule has 1 aromatic heterocycles. The predicted molar refractivity (Wildman–Crippen MR) is 77.0 cm³/mol. The summed E-state index contributed by atoms with van der Waals surface area (Å²) < 4.78 is 1.60. The number of aryl methyl sites for hydroxylation is 2. The summed E-state index contributed by atoms with van der Waals surface area (Å²) in [4.78, 5) is 23.8. The largest absolute Gasteiger partial charge is 0.479 e. The number of carboxylic acids is 1. The van der Waals surface area contributed by atoms with Gasteiger partial charge in [0.15, 0.2) is 6.04 Å². The molecule has 2 rings (SSSR count). The van der Waals surface area contributed by atoms with Gasteiger partial charge in [0.2, 0.25) is 0 Å². The fourth-order valence-corrected chi connectivity index (χ4v) is 2.24. The molecular weight excluding hydrogens is 270 g/mol. The molecule has 2 N–H and O–H groups in total. The van der Waals surface area contributed by atoms with Gasteiger partial charge in [0, 0.05) is 12.7 Å². The Bertz CT molecular complexity index is 677. The Morgan fingerprint density at radius 1 is 1.24 bits per heavy atom. The maximum Gasteiger partial charge on any atom is 0.330 e. The third kappa shape index (κ3) is 2.94. The molecule has 0 spiro atoms. The number of hydrogen-bond donors (Lipinski definition) is 2. The lowest BCUT2D eigenvalue weighted by Crippen LogP contribution is -2.34. The fourth-order valence-electron chi connectivity index (χ4n) is 2.24. The molecule has 0 saturated heterocycles.